The summed E-state index contributed by atoms with van der Waals surface area (Å²) in [6.45, 7) is 0. The molecule has 0 unspecified atom stereocenters. The van der Waals surface area contributed by atoms with Gasteiger partial charge in [0.05, 0.1) is 0 Å². The zero-order valence-electron chi connectivity index (χ0n) is 27.2. The Bertz CT molecular complexity index is 2640. The van der Waals surface area contributed by atoms with E-state index < -0.39 is 0 Å². The van der Waals surface area contributed by atoms with Crippen LogP contribution in [0.15, 0.2) is 188 Å². The number of aromatic nitrogens is 3. The lowest BCUT2D eigenvalue weighted by atomic mass is 9.91. The summed E-state index contributed by atoms with van der Waals surface area (Å²) in [6, 6.07) is 65.8. The van der Waals surface area contributed by atoms with E-state index in [0.717, 1.165) is 27.8 Å². The molecule has 8 aromatic carbocycles. The number of rotatable bonds is 6. The van der Waals surface area contributed by atoms with E-state index in [2.05, 4.69) is 158 Å². The summed E-state index contributed by atoms with van der Waals surface area (Å²) in [5, 5.41) is 4.86. The van der Waals surface area contributed by atoms with Gasteiger partial charge >= 0.3 is 0 Å². The summed E-state index contributed by atoms with van der Waals surface area (Å²) in [5.74, 6) is 1.92. The Morgan fingerprint density at radius 2 is 0.620 bits per heavy atom. The lowest BCUT2D eigenvalue weighted by Crippen LogP contribution is -2.00. The molecule has 0 saturated carbocycles. The summed E-state index contributed by atoms with van der Waals surface area (Å²) < 4.78 is 0. The molecule has 1 heterocycles. The van der Waals surface area contributed by atoms with Crippen molar-refractivity contribution in [3.8, 4) is 67.5 Å². The van der Waals surface area contributed by atoms with Crippen LogP contribution in [0.3, 0.4) is 0 Å². The fourth-order valence-corrected chi connectivity index (χ4v) is 6.90. The van der Waals surface area contributed by atoms with Crippen molar-refractivity contribution in [3.63, 3.8) is 0 Å². The molecule has 0 aliphatic heterocycles. The van der Waals surface area contributed by atoms with Crippen molar-refractivity contribution in [3.05, 3.63) is 188 Å². The summed E-state index contributed by atoms with van der Waals surface area (Å²) in [7, 11) is 0. The lowest BCUT2D eigenvalue weighted by molar-refractivity contribution is 1.07. The molecule has 1 aromatic heterocycles. The van der Waals surface area contributed by atoms with E-state index in [1.165, 1.54) is 43.8 Å². The minimum absolute atomic E-state index is 0.636. The molecular formula is C47H31N3. The van der Waals surface area contributed by atoms with Gasteiger partial charge in [-0.05, 0) is 67.1 Å². The second kappa shape index (κ2) is 12.7. The van der Waals surface area contributed by atoms with Crippen LogP contribution in [0.1, 0.15) is 0 Å². The van der Waals surface area contributed by atoms with Crippen LogP contribution in [0.2, 0.25) is 0 Å². The van der Waals surface area contributed by atoms with Gasteiger partial charge in [0.25, 0.3) is 0 Å². The number of benzene rings is 8. The molecule has 0 spiro atoms. The normalized spacial score (nSPS) is 11.2. The zero-order valence-corrected chi connectivity index (χ0v) is 27.2. The van der Waals surface area contributed by atoms with Crippen molar-refractivity contribution in [1.82, 2.24) is 15.0 Å². The molecule has 0 fully saturated rings. The highest BCUT2D eigenvalue weighted by Gasteiger charge is 2.15. The van der Waals surface area contributed by atoms with E-state index in [9.17, 15) is 0 Å². The smallest absolute Gasteiger partial charge is 0.164 e. The molecule has 0 atom stereocenters. The first kappa shape index (κ1) is 29.4. The highest BCUT2D eigenvalue weighted by atomic mass is 15.0. The topological polar surface area (TPSA) is 38.7 Å². The van der Waals surface area contributed by atoms with Crippen LogP contribution in [0.25, 0.3) is 89.1 Å². The molecule has 0 radical (unpaired) electrons. The fraction of sp³-hybridized carbons (Fsp3) is 0. The Kier molecular flexibility index (Phi) is 7.49. The Morgan fingerprint density at radius 1 is 0.240 bits per heavy atom. The average Bonchev–Trinajstić information content (AvgIpc) is 3.21. The van der Waals surface area contributed by atoms with Crippen LogP contribution in [-0.4, -0.2) is 15.0 Å². The summed E-state index contributed by atoms with van der Waals surface area (Å²) >= 11 is 0. The van der Waals surface area contributed by atoms with Gasteiger partial charge in [-0.25, -0.2) is 15.0 Å². The molecule has 0 saturated heterocycles. The maximum absolute atomic E-state index is 5.13. The summed E-state index contributed by atoms with van der Waals surface area (Å²) in [4.78, 5) is 15.2. The number of hydrogen-bond donors (Lipinski definition) is 0. The minimum atomic E-state index is 0.636. The molecule has 50 heavy (non-hydrogen) atoms. The van der Waals surface area contributed by atoms with Crippen molar-refractivity contribution in [2.75, 3.05) is 0 Å². The van der Waals surface area contributed by atoms with Gasteiger partial charge < -0.3 is 0 Å². The largest absolute Gasteiger partial charge is 0.208 e. The van der Waals surface area contributed by atoms with Crippen LogP contribution < -0.4 is 0 Å². The van der Waals surface area contributed by atoms with E-state index in [-0.39, 0.29) is 0 Å². The maximum atomic E-state index is 5.13. The quantitative estimate of drug-likeness (QED) is 0.182. The van der Waals surface area contributed by atoms with Crippen molar-refractivity contribution >= 4 is 21.5 Å². The van der Waals surface area contributed by atoms with Crippen molar-refractivity contribution < 1.29 is 0 Å². The van der Waals surface area contributed by atoms with Gasteiger partial charge in [-0.15, -0.1) is 0 Å². The monoisotopic (exact) mass is 637 g/mol. The minimum Gasteiger partial charge on any atom is -0.208 e. The average molecular weight is 638 g/mol. The summed E-state index contributed by atoms with van der Waals surface area (Å²) in [5.41, 5.74) is 9.83. The van der Waals surface area contributed by atoms with Gasteiger partial charge in [0.15, 0.2) is 17.5 Å². The second-order valence-electron chi connectivity index (χ2n) is 12.4. The standard InChI is InChI=1S/C47H31N3/c1-3-14-32(15-4-1)41-28-29-42(44-26-10-9-25-43(41)44)36-21-12-23-38(31-36)47-49-45(34-17-5-2-6-18-34)48-46(50-47)37-22-11-20-35(30-37)40-27-13-19-33-16-7-8-24-39(33)40/h1-31H. The van der Waals surface area contributed by atoms with E-state index in [4.69, 9.17) is 15.0 Å². The third-order valence-corrected chi connectivity index (χ3v) is 9.33. The van der Waals surface area contributed by atoms with Gasteiger partial charge in [-0.3, -0.25) is 0 Å². The fourth-order valence-electron chi connectivity index (χ4n) is 6.90. The van der Waals surface area contributed by atoms with Gasteiger partial charge in [-0.2, -0.15) is 0 Å². The predicted octanol–water partition coefficient (Wildman–Crippen LogP) is 12.2. The second-order valence-corrected chi connectivity index (χ2v) is 12.4. The highest BCUT2D eigenvalue weighted by molar-refractivity contribution is 6.05. The molecule has 3 heteroatoms. The summed E-state index contributed by atoms with van der Waals surface area (Å²) in [6.07, 6.45) is 0. The molecule has 3 nitrogen and oxygen atoms in total. The molecule has 0 bridgehead atoms. The number of nitrogens with zero attached hydrogens (tertiary/aromatic N) is 3. The Balaban J connectivity index is 1.17. The van der Waals surface area contributed by atoms with E-state index >= 15 is 0 Å². The Labute approximate surface area is 291 Å². The van der Waals surface area contributed by atoms with E-state index in [0.29, 0.717) is 17.5 Å². The Hall–Kier alpha value is -6.71. The molecule has 0 aliphatic rings. The van der Waals surface area contributed by atoms with Crippen LogP contribution in [0.4, 0.5) is 0 Å². The zero-order chi connectivity index (χ0) is 33.3. The molecule has 234 valence electrons. The molecule has 9 aromatic rings. The third kappa shape index (κ3) is 5.51. The van der Waals surface area contributed by atoms with Crippen LogP contribution in [0.5, 0.6) is 0 Å². The van der Waals surface area contributed by atoms with E-state index in [1.807, 2.05) is 30.3 Å². The molecular weight excluding hydrogens is 607 g/mol. The molecule has 0 N–H and O–H groups in total. The first-order chi connectivity index (χ1) is 24.8. The van der Waals surface area contributed by atoms with Crippen molar-refractivity contribution in [2.45, 2.75) is 0 Å². The van der Waals surface area contributed by atoms with Crippen LogP contribution in [0, 0.1) is 0 Å². The van der Waals surface area contributed by atoms with Crippen LogP contribution in [-0.2, 0) is 0 Å². The maximum Gasteiger partial charge on any atom is 0.164 e. The molecule has 0 aliphatic carbocycles. The van der Waals surface area contributed by atoms with Crippen molar-refractivity contribution in [1.29, 1.82) is 0 Å². The molecule has 0 amide bonds. The lowest BCUT2D eigenvalue weighted by Gasteiger charge is -2.13. The predicted molar refractivity (Wildman–Crippen MR) is 207 cm³/mol. The van der Waals surface area contributed by atoms with Crippen LogP contribution >= 0.6 is 0 Å². The van der Waals surface area contributed by atoms with E-state index in [1.54, 1.807) is 0 Å². The number of hydrogen-bond acceptors (Lipinski definition) is 3. The first-order valence-corrected chi connectivity index (χ1v) is 16.9. The molecule has 9 rings (SSSR count). The van der Waals surface area contributed by atoms with Gasteiger partial charge in [0, 0.05) is 16.7 Å². The van der Waals surface area contributed by atoms with Gasteiger partial charge in [-0.1, -0.05) is 176 Å². The number of fused-ring (bicyclic) bond motifs is 2. The third-order valence-electron chi connectivity index (χ3n) is 9.33. The van der Waals surface area contributed by atoms with Gasteiger partial charge in [0.1, 0.15) is 0 Å². The first-order valence-electron chi connectivity index (χ1n) is 16.9. The SMILES string of the molecule is c1ccc(-c2nc(-c3cccc(-c4cccc5ccccc45)c3)nc(-c3cccc(-c4ccc(-c5ccccc5)c5ccccc45)c3)n2)cc1. The highest BCUT2D eigenvalue weighted by Crippen LogP contribution is 2.37. The van der Waals surface area contributed by atoms with Crippen molar-refractivity contribution in [2.24, 2.45) is 0 Å². The Morgan fingerprint density at radius 3 is 1.22 bits per heavy atom. The van der Waals surface area contributed by atoms with Gasteiger partial charge in [0.2, 0.25) is 0 Å².